The van der Waals surface area contributed by atoms with Gasteiger partial charge in [-0.05, 0) is 18.0 Å². The summed E-state index contributed by atoms with van der Waals surface area (Å²) in [4.78, 5) is 10.0. The molecule has 0 aromatic heterocycles. The van der Waals surface area contributed by atoms with Gasteiger partial charge in [0.15, 0.2) is 0 Å². The van der Waals surface area contributed by atoms with Crippen molar-refractivity contribution in [3.63, 3.8) is 0 Å². The van der Waals surface area contributed by atoms with Crippen LogP contribution in [0.5, 0.6) is 0 Å². The fourth-order valence-electron chi connectivity index (χ4n) is 0.602. The Bertz CT molecular complexity index is 333. The number of aromatic nitrogens is 3. The highest BCUT2D eigenvalue weighted by Gasteiger charge is 2.26. The number of rotatable bonds is 1. The molecule has 52 valence electrons. The number of thiol groups is 1. The summed E-state index contributed by atoms with van der Waals surface area (Å²) in [5.74, 6) is 0.900. The van der Waals surface area contributed by atoms with Gasteiger partial charge in [0, 0.05) is 0 Å². The molecule has 0 saturated carbocycles. The van der Waals surface area contributed by atoms with Gasteiger partial charge < -0.3 is 4.42 Å². The van der Waals surface area contributed by atoms with E-state index in [1.54, 1.807) is 0 Å². The molecular weight excluding hydrogens is 156 g/mol. The fourth-order valence-corrected chi connectivity index (χ4v) is 0.775. The summed E-state index contributed by atoms with van der Waals surface area (Å²) < 4.78 is 5.82. The van der Waals surface area contributed by atoms with Crippen LogP contribution in [0.2, 0.25) is 0 Å². The first-order valence-electron chi connectivity index (χ1n) is 2.41. The molecule has 2 heterocycles. The smallest absolute Gasteiger partial charge is 0.286 e. The molecule has 0 bridgehead atoms. The third-order valence-corrected chi connectivity index (χ3v) is 1.37. The van der Waals surface area contributed by atoms with Gasteiger partial charge in [-0.1, -0.05) is 0 Å². The first kappa shape index (κ1) is 5.54. The van der Waals surface area contributed by atoms with Crippen LogP contribution in [-0.2, 0) is 0 Å². The number of nitrogens with zero attached hydrogens (tertiary/aromatic N) is 3. The van der Waals surface area contributed by atoms with E-state index in [0.29, 0.717) is 11.7 Å². The number of nitroso groups, excluding NO2 is 1. The molecule has 7 heteroatoms. The Balaban J connectivity index is 2.70. The van der Waals surface area contributed by atoms with Gasteiger partial charge in [-0.3, -0.25) is 0 Å². The number of H-pyrrole nitrogens is 1. The lowest BCUT2D eigenvalue weighted by atomic mass is 10.5. The molecule has 0 atom stereocenters. The van der Waals surface area contributed by atoms with Gasteiger partial charge in [0.05, 0.1) is 0 Å². The molecule has 2 aliphatic heterocycles. The lowest BCUT2D eigenvalue weighted by Crippen LogP contribution is -1.92. The molecule has 0 aliphatic carbocycles. The maximum atomic E-state index is 10.0. The number of nitrogens with one attached hydrogen (secondary N) is 1. The number of aromatic amines is 1. The van der Waals surface area contributed by atoms with Gasteiger partial charge in [0.1, 0.15) is 0 Å². The van der Waals surface area contributed by atoms with Crippen molar-refractivity contribution in [2.24, 2.45) is 5.18 Å². The zero-order chi connectivity index (χ0) is 7.14. The van der Waals surface area contributed by atoms with Gasteiger partial charge >= 0.3 is 0 Å². The average molecular weight is 158 g/mol. The van der Waals surface area contributed by atoms with Gasteiger partial charge in [-0.25, -0.2) is 5.21 Å². The summed E-state index contributed by atoms with van der Waals surface area (Å²) in [5.41, 5.74) is 0. The van der Waals surface area contributed by atoms with E-state index in [2.05, 4.69) is 28.3 Å². The Morgan fingerprint density at radius 3 is 3.20 bits per heavy atom. The van der Waals surface area contributed by atoms with E-state index in [1.807, 2.05) is 0 Å². The van der Waals surface area contributed by atoms with Crippen molar-refractivity contribution in [1.29, 1.82) is 0 Å². The van der Waals surface area contributed by atoms with Crippen molar-refractivity contribution in [2.75, 3.05) is 0 Å². The molecule has 2 rings (SSSR count). The lowest BCUT2D eigenvalue weighted by Gasteiger charge is -1.93. The topological polar surface area (TPSA) is 76.2 Å². The second-order valence-corrected chi connectivity index (χ2v) is 2.07. The SMILES string of the molecule is O=Nc1c2oc-2n[nH]n1S. The molecule has 0 saturated heterocycles. The summed E-state index contributed by atoms with van der Waals surface area (Å²) in [5, 5.41) is 8.67. The van der Waals surface area contributed by atoms with Crippen LogP contribution in [-0.4, -0.2) is 14.4 Å². The summed E-state index contributed by atoms with van der Waals surface area (Å²) in [7, 11) is 0. The van der Waals surface area contributed by atoms with E-state index >= 15 is 0 Å². The van der Waals surface area contributed by atoms with Crippen LogP contribution in [0.15, 0.2) is 9.59 Å². The van der Waals surface area contributed by atoms with Crippen LogP contribution >= 0.6 is 12.8 Å². The third kappa shape index (κ3) is 0.574. The number of fused-ring (bicyclic) bond motifs is 1. The Morgan fingerprint density at radius 1 is 1.80 bits per heavy atom. The summed E-state index contributed by atoms with van der Waals surface area (Å²) >= 11 is 3.81. The highest BCUT2D eigenvalue weighted by molar-refractivity contribution is 7.78. The van der Waals surface area contributed by atoms with E-state index < -0.39 is 0 Å². The predicted octanol–water partition coefficient (Wildman–Crippen LogP) is 1.000. The predicted molar refractivity (Wildman–Crippen MR) is 35.3 cm³/mol. The lowest BCUT2D eigenvalue weighted by molar-refractivity contribution is 0.717. The second kappa shape index (κ2) is 1.63. The summed E-state index contributed by atoms with van der Waals surface area (Å²) in [6, 6.07) is 0. The monoisotopic (exact) mass is 158 g/mol. The van der Waals surface area contributed by atoms with E-state index in [0.717, 1.165) is 4.09 Å². The fraction of sp³-hybridized carbons (Fsp3) is 0. The molecule has 0 aromatic carbocycles. The van der Waals surface area contributed by atoms with Crippen LogP contribution in [0.25, 0.3) is 11.7 Å². The first-order valence-corrected chi connectivity index (χ1v) is 2.81. The second-order valence-electron chi connectivity index (χ2n) is 1.67. The molecule has 0 unspecified atom stereocenters. The van der Waals surface area contributed by atoms with Crippen LogP contribution in [0.3, 0.4) is 0 Å². The van der Waals surface area contributed by atoms with Crippen LogP contribution in [0.4, 0.5) is 5.82 Å². The number of hydrogen-bond donors (Lipinski definition) is 2. The van der Waals surface area contributed by atoms with Crippen molar-refractivity contribution >= 4 is 18.6 Å². The zero-order valence-electron chi connectivity index (χ0n) is 4.61. The molecule has 0 aromatic rings. The Kier molecular flexibility index (Phi) is 0.901. The van der Waals surface area contributed by atoms with Gasteiger partial charge in [0.2, 0.25) is 5.76 Å². The Morgan fingerprint density at radius 2 is 2.60 bits per heavy atom. The Hall–Kier alpha value is -1.24. The third-order valence-electron chi connectivity index (χ3n) is 1.09. The first-order chi connectivity index (χ1) is 4.83. The van der Waals surface area contributed by atoms with Crippen molar-refractivity contribution in [3.8, 4) is 11.7 Å². The van der Waals surface area contributed by atoms with E-state index in [-0.39, 0.29) is 5.82 Å². The maximum absolute atomic E-state index is 10.0. The minimum atomic E-state index is 0.105. The molecule has 10 heavy (non-hydrogen) atoms. The van der Waals surface area contributed by atoms with Crippen molar-refractivity contribution in [1.82, 2.24) is 14.4 Å². The van der Waals surface area contributed by atoms with Gasteiger partial charge in [-0.15, -0.1) is 10.0 Å². The molecule has 0 spiro atoms. The molecule has 0 radical (unpaired) electrons. The molecule has 0 fully saturated rings. The largest absolute Gasteiger partial charge is 0.425 e. The molecule has 6 nitrogen and oxygen atoms in total. The molecule has 0 amide bonds. The van der Waals surface area contributed by atoms with Crippen molar-refractivity contribution < 1.29 is 4.42 Å². The summed E-state index contributed by atoms with van der Waals surface area (Å²) in [6.45, 7) is 0. The highest BCUT2D eigenvalue weighted by Crippen LogP contribution is 2.38. The van der Waals surface area contributed by atoms with Gasteiger partial charge in [-0.2, -0.15) is 4.09 Å². The van der Waals surface area contributed by atoms with Crippen LogP contribution < -0.4 is 0 Å². The van der Waals surface area contributed by atoms with Gasteiger partial charge in [0.25, 0.3) is 11.7 Å². The van der Waals surface area contributed by atoms with Crippen LogP contribution in [0.1, 0.15) is 0 Å². The minimum absolute atomic E-state index is 0.105. The normalized spacial score (nSPS) is 10.9. The van der Waals surface area contributed by atoms with E-state index in [1.165, 1.54) is 0 Å². The minimum Gasteiger partial charge on any atom is -0.425 e. The molecule has 2 aliphatic rings. The van der Waals surface area contributed by atoms with Crippen LogP contribution in [0, 0.1) is 4.91 Å². The quantitative estimate of drug-likeness (QED) is 0.480. The molecular formula is C3H2N4O2S. The van der Waals surface area contributed by atoms with E-state index in [4.69, 9.17) is 4.42 Å². The van der Waals surface area contributed by atoms with E-state index in [9.17, 15) is 4.91 Å². The standard InChI is InChI=1S/C3H2N4O2S/c8-5-2-1-3(9-1)4-6-7(2)10/h6,10H. The zero-order valence-corrected chi connectivity index (χ0v) is 5.50. The molecule has 1 N–H and O–H groups in total. The number of hydrogen-bond acceptors (Lipinski definition) is 5. The maximum Gasteiger partial charge on any atom is 0.286 e. The van der Waals surface area contributed by atoms with Crippen molar-refractivity contribution in [3.05, 3.63) is 4.91 Å². The summed E-state index contributed by atoms with van der Waals surface area (Å²) in [6.07, 6.45) is 0. The average Bonchev–Trinajstić information content (AvgIpc) is 2.66. The van der Waals surface area contributed by atoms with Crippen molar-refractivity contribution in [2.45, 2.75) is 0 Å². The Labute approximate surface area is 60.0 Å². The highest BCUT2D eigenvalue weighted by atomic mass is 32.1.